The predicted molar refractivity (Wildman–Crippen MR) is 124 cm³/mol. The van der Waals surface area contributed by atoms with Gasteiger partial charge in [0.05, 0.1) is 14.2 Å². The molecule has 0 spiro atoms. The zero-order valence-electron chi connectivity index (χ0n) is 18.3. The van der Waals surface area contributed by atoms with Crippen molar-refractivity contribution < 1.29 is 18.7 Å². The number of hydrogen-bond donors (Lipinski definition) is 0. The number of methoxy groups -OCH3 is 2. The van der Waals surface area contributed by atoms with Gasteiger partial charge >= 0.3 is 0 Å². The summed E-state index contributed by atoms with van der Waals surface area (Å²) in [7, 11) is 3.18. The third-order valence-corrected chi connectivity index (χ3v) is 6.37. The molecule has 3 rings (SSSR count). The molecule has 0 radical (unpaired) electrons. The Kier molecular flexibility index (Phi) is 7.73. The second kappa shape index (κ2) is 10.3. The molecule has 5 nitrogen and oxygen atoms in total. The van der Waals surface area contributed by atoms with Gasteiger partial charge in [0, 0.05) is 37.8 Å². The van der Waals surface area contributed by atoms with Crippen molar-refractivity contribution in [3.63, 3.8) is 0 Å². The molecule has 2 atom stereocenters. The lowest BCUT2D eigenvalue weighted by Crippen LogP contribution is -2.57. The minimum absolute atomic E-state index is 0.0263. The van der Waals surface area contributed by atoms with Crippen molar-refractivity contribution in [1.82, 2.24) is 9.80 Å². The summed E-state index contributed by atoms with van der Waals surface area (Å²) >= 11 is 3.45. The summed E-state index contributed by atoms with van der Waals surface area (Å²) in [6, 6.07) is 10.6. The van der Waals surface area contributed by atoms with Crippen LogP contribution in [0.25, 0.3) is 6.08 Å². The molecule has 7 heteroatoms. The van der Waals surface area contributed by atoms with Crippen LogP contribution < -0.4 is 9.47 Å². The van der Waals surface area contributed by atoms with E-state index in [1.165, 1.54) is 12.1 Å². The van der Waals surface area contributed by atoms with Crippen LogP contribution in [0.1, 0.15) is 25.0 Å². The molecule has 0 bridgehead atoms. The maximum absolute atomic E-state index is 13.2. The van der Waals surface area contributed by atoms with Crippen LogP contribution in [0.4, 0.5) is 4.39 Å². The smallest absolute Gasteiger partial charge is 0.246 e. The van der Waals surface area contributed by atoms with Gasteiger partial charge in [-0.25, -0.2) is 4.39 Å². The van der Waals surface area contributed by atoms with Crippen molar-refractivity contribution >= 4 is 27.9 Å². The molecule has 31 heavy (non-hydrogen) atoms. The molecule has 1 saturated heterocycles. The second-order valence-corrected chi connectivity index (χ2v) is 8.61. The summed E-state index contributed by atoms with van der Waals surface area (Å²) in [5.74, 6) is 1.03. The van der Waals surface area contributed by atoms with Gasteiger partial charge in [0.2, 0.25) is 5.91 Å². The van der Waals surface area contributed by atoms with Crippen molar-refractivity contribution in [3.8, 4) is 11.5 Å². The molecule has 2 aromatic carbocycles. The van der Waals surface area contributed by atoms with E-state index >= 15 is 0 Å². The average Bonchev–Trinajstić information content (AvgIpc) is 2.76. The Morgan fingerprint density at radius 3 is 2.29 bits per heavy atom. The molecule has 0 N–H and O–H groups in total. The summed E-state index contributed by atoms with van der Waals surface area (Å²) in [6.45, 7) is 6.31. The molecular formula is C24H28BrFN2O3. The van der Waals surface area contributed by atoms with Crippen LogP contribution >= 0.6 is 15.9 Å². The number of ether oxygens (including phenoxy) is 2. The number of amides is 1. The number of rotatable bonds is 6. The molecule has 1 fully saturated rings. The van der Waals surface area contributed by atoms with Crippen LogP contribution in [0, 0.1) is 5.82 Å². The molecule has 0 saturated carbocycles. The van der Waals surface area contributed by atoms with Crippen LogP contribution in [-0.4, -0.2) is 55.1 Å². The molecule has 2 aromatic rings. The highest BCUT2D eigenvalue weighted by Gasteiger charge is 2.31. The van der Waals surface area contributed by atoms with Crippen molar-refractivity contribution in [3.05, 3.63) is 63.9 Å². The third kappa shape index (κ3) is 5.66. The lowest BCUT2D eigenvalue weighted by Gasteiger charge is -2.44. The minimum atomic E-state index is -0.228. The number of carbonyl (C=O) groups excluding carboxylic acids is 1. The summed E-state index contributed by atoms with van der Waals surface area (Å²) in [5.41, 5.74) is 1.89. The van der Waals surface area contributed by atoms with E-state index in [9.17, 15) is 9.18 Å². The van der Waals surface area contributed by atoms with Gasteiger partial charge in [-0.3, -0.25) is 9.69 Å². The van der Waals surface area contributed by atoms with Gasteiger partial charge in [0.25, 0.3) is 0 Å². The monoisotopic (exact) mass is 490 g/mol. The number of benzene rings is 2. The molecule has 0 unspecified atom stereocenters. The first-order valence-corrected chi connectivity index (χ1v) is 11.0. The van der Waals surface area contributed by atoms with E-state index in [-0.39, 0.29) is 23.8 Å². The van der Waals surface area contributed by atoms with Crippen molar-refractivity contribution in [1.29, 1.82) is 0 Å². The Bertz CT molecular complexity index is 923. The fraction of sp³-hybridized carbons (Fsp3) is 0.375. The number of piperazine rings is 1. The Morgan fingerprint density at radius 1 is 1.10 bits per heavy atom. The third-order valence-electron chi connectivity index (χ3n) is 5.58. The van der Waals surface area contributed by atoms with E-state index < -0.39 is 0 Å². The zero-order chi connectivity index (χ0) is 22.5. The first-order valence-electron chi connectivity index (χ1n) is 10.2. The van der Waals surface area contributed by atoms with E-state index in [1.807, 2.05) is 29.2 Å². The SMILES string of the molecule is COc1cc(/C=C/C(=O)N2C[C@@H](C)N(Cc3ccc(F)cc3)C[C@@H]2C)cc(OC)c1Br. The lowest BCUT2D eigenvalue weighted by molar-refractivity contribution is -0.131. The topological polar surface area (TPSA) is 42.0 Å². The molecule has 1 aliphatic heterocycles. The molecule has 1 aliphatic rings. The van der Waals surface area contributed by atoms with E-state index in [4.69, 9.17) is 9.47 Å². The highest BCUT2D eigenvalue weighted by Crippen LogP contribution is 2.36. The van der Waals surface area contributed by atoms with Crippen molar-refractivity contribution in [2.24, 2.45) is 0 Å². The molecule has 0 aliphatic carbocycles. The summed E-state index contributed by atoms with van der Waals surface area (Å²) in [6.07, 6.45) is 3.38. The van der Waals surface area contributed by atoms with Gasteiger partial charge < -0.3 is 14.4 Å². The Hall–Kier alpha value is -2.38. The standard InChI is InChI=1S/C24H28BrFN2O3/c1-16-14-28(17(2)13-27(16)15-18-5-8-20(26)9-6-18)23(29)10-7-19-11-21(30-3)24(25)22(12-19)31-4/h5-12,16-17H,13-15H2,1-4H3/b10-7+/t16-,17+/m1/s1. The number of halogens is 2. The van der Waals surface area contributed by atoms with E-state index in [2.05, 4.69) is 34.7 Å². The maximum Gasteiger partial charge on any atom is 0.246 e. The van der Waals surface area contributed by atoms with Crippen LogP contribution in [0.3, 0.4) is 0 Å². The molecular weight excluding hydrogens is 463 g/mol. The lowest BCUT2D eigenvalue weighted by atomic mass is 10.1. The first kappa shape index (κ1) is 23.3. The second-order valence-electron chi connectivity index (χ2n) is 7.82. The summed E-state index contributed by atoms with van der Waals surface area (Å²) < 4.78 is 24.6. The van der Waals surface area contributed by atoms with Crippen LogP contribution in [0.5, 0.6) is 11.5 Å². The first-order chi connectivity index (χ1) is 14.8. The molecule has 1 heterocycles. The normalized spacial score (nSPS) is 19.6. The largest absolute Gasteiger partial charge is 0.495 e. The van der Waals surface area contributed by atoms with Gasteiger partial charge in [-0.15, -0.1) is 0 Å². The number of hydrogen-bond acceptors (Lipinski definition) is 4. The molecule has 166 valence electrons. The highest BCUT2D eigenvalue weighted by molar-refractivity contribution is 9.10. The predicted octanol–water partition coefficient (Wildman–Crippen LogP) is 4.74. The van der Waals surface area contributed by atoms with E-state index in [0.717, 1.165) is 28.7 Å². The quantitative estimate of drug-likeness (QED) is 0.548. The van der Waals surface area contributed by atoms with Crippen LogP contribution in [-0.2, 0) is 11.3 Å². The summed E-state index contributed by atoms with van der Waals surface area (Å²) in [4.78, 5) is 17.1. The van der Waals surface area contributed by atoms with E-state index in [1.54, 1.807) is 26.4 Å². The maximum atomic E-state index is 13.2. The zero-order valence-corrected chi connectivity index (χ0v) is 19.9. The van der Waals surface area contributed by atoms with Crippen molar-refractivity contribution in [2.45, 2.75) is 32.5 Å². The van der Waals surface area contributed by atoms with Gasteiger partial charge in [-0.05, 0) is 71.2 Å². The van der Waals surface area contributed by atoms with Gasteiger partial charge in [0.1, 0.15) is 21.8 Å². The van der Waals surface area contributed by atoms with E-state index in [0.29, 0.717) is 18.0 Å². The highest BCUT2D eigenvalue weighted by atomic mass is 79.9. The fourth-order valence-electron chi connectivity index (χ4n) is 3.80. The van der Waals surface area contributed by atoms with Gasteiger partial charge in [0.15, 0.2) is 0 Å². The van der Waals surface area contributed by atoms with Crippen molar-refractivity contribution in [2.75, 3.05) is 27.3 Å². The number of nitrogens with zero attached hydrogens (tertiary/aromatic N) is 2. The van der Waals surface area contributed by atoms with Crippen LogP contribution in [0.15, 0.2) is 46.9 Å². The number of carbonyl (C=O) groups is 1. The Labute approximate surface area is 191 Å². The fourth-order valence-corrected chi connectivity index (χ4v) is 4.35. The van der Waals surface area contributed by atoms with Gasteiger partial charge in [-0.2, -0.15) is 0 Å². The summed E-state index contributed by atoms with van der Waals surface area (Å²) in [5, 5.41) is 0. The van der Waals surface area contributed by atoms with Crippen LogP contribution in [0.2, 0.25) is 0 Å². The van der Waals surface area contributed by atoms with Gasteiger partial charge in [-0.1, -0.05) is 12.1 Å². The average molecular weight is 491 g/mol. The molecule has 1 amide bonds. The Balaban J connectivity index is 1.67. The minimum Gasteiger partial charge on any atom is -0.495 e. The molecule has 0 aromatic heterocycles. The Morgan fingerprint density at radius 2 is 1.71 bits per heavy atom.